The number of aromatic nitrogens is 2. The molecular weight excluding hydrogens is 437 g/mol. The predicted molar refractivity (Wildman–Crippen MR) is 114 cm³/mol. The molecule has 6 nitrogen and oxygen atoms in total. The number of piperidine rings is 1. The number of nitrogens with one attached hydrogen (secondary N) is 1. The van der Waals surface area contributed by atoms with Crippen LogP contribution >= 0.6 is 15.9 Å². The Hall–Kier alpha value is -2.22. The number of hydrogen-bond donors (Lipinski definition) is 1. The third-order valence-electron chi connectivity index (χ3n) is 5.92. The van der Waals surface area contributed by atoms with Crippen LogP contribution in [0.2, 0.25) is 0 Å². The van der Waals surface area contributed by atoms with Crippen molar-refractivity contribution in [3.05, 3.63) is 51.9 Å². The van der Waals surface area contributed by atoms with Crippen LogP contribution in [0.15, 0.2) is 34.9 Å². The van der Waals surface area contributed by atoms with Crippen LogP contribution in [0, 0.1) is 12.7 Å². The van der Waals surface area contributed by atoms with E-state index in [1.807, 2.05) is 32.2 Å². The number of benzene rings is 1. The van der Waals surface area contributed by atoms with Crippen LogP contribution in [0.1, 0.15) is 36.3 Å². The summed E-state index contributed by atoms with van der Waals surface area (Å²) in [7, 11) is 1.83. The molecule has 1 aliphatic carbocycles. The lowest BCUT2D eigenvalue weighted by Crippen LogP contribution is -2.52. The lowest BCUT2D eigenvalue weighted by atomic mass is 10.0. The standard InChI is InChI=1S/C21H25BrFN5O/c1-13-9-18(23)15(10-17(13)22)16-11-19(16)25-21(29)27(2)14-5-4-8-28(12-14)20-6-3-7-24-26-20/h3,6-7,9-10,14,16,19H,4-5,8,11-12H2,1-2H3,(H,25,29)/t14-,16-,19+/m1/s1. The Morgan fingerprint density at radius 1 is 1.41 bits per heavy atom. The normalized spacial score (nSPS) is 23.6. The molecule has 2 aromatic rings. The monoisotopic (exact) mass is 461 g/mol. The molecular formula is C21H25BrFN5O. The minimum atomic E-state index is -0.201. The smallest absolute Gasteiger partial charge is 0.317 e. The van der Waals surface area contributed by atoms with E-state index in [-0.39, 0.29) is 29.8 Å². The van der Waals surface area contributed by atoms with Gasteiger partial charge in [-0.3, -0.25) is 0 Å². The van der Waals surface area contributed by atoms with Crippen molar-refractivity contribution in [3.8, 4) is 0 Å². The number of carbonyl (C=O) groups excluding carboxylic acids is 1. The Morgan fingerprint density at radius 3 is 3.00 bits per heavy atom. The van der Waals surface area contributed by atoms with Crippen molar-refractivity contribution in [1.82, 2.24) is 20.4 Å². The molecule has 2 aliphatic rings. The SMILES string of the molecule is Cc1cc(F)c([C@H]2C[C@@H]2NC(=O)N(C)[C@@H]2CCCN(c3cccnn3)C2)cc1Br. The summed E-state index contributed by atoms with van der Waals surface area (Å²) >= 11 is 3.47. The van der Waals surface area contributed by atoms with E-state index in [0.717, 1.165) is 48.2 Å². The second-order valence-corrected chi connectivity index (χ2v) is 8.81. The highest BCUT2D eigenvalue weighted by molar-refractivity contribution is 9.10. The highest BCUT2D eigenvalue weighted by Gasteiger charge is 2.42. The first-order chi connectivity index (χ1) is 13.9. The Labute approximate surface area is 178 Å². The molecule has 2 fully saturated rings. The maximum Gasteiger partial charge on any atom is 0.317 e. The first-order valence-electron chi connectivity index (χ1n) is 9.95. The Balaban J connectivity index is 1.35. The number of amides is 2. The summed E-state index contributed by atoms with van der Waals surface area (Å²) in [5.74, 6) is 0.674. The number of carbonyl (C=O) groups is 1. The molecule has 2 heterocycles. The Bertz CT molecular complexity index is 896. The quantitative estimate of drug-likeness (QED) is 0.750. The van der Waals surface area contributed by atoms with Crippen molar-refractivity contribution in [2.45, 2.75) is 44.2 Å². The van der Waals surface area contributed by atoms with E-state index in [9.17, 15) is 9.18 Å². The van der Waals surface area contributed by atoms with Gasteiger partial charge in [0.25, 0.3) is 0 Å². The summed E-state index contributed by atoms with van der Waals surface area (Å²) in [5, 5.41) is 11.2. The molecule has 0 unspecified atom stereocenters. The number of nitrogens with zero attached hydrogens (tertiary/aromatic N) is 4. The zero-order valence-electron chi connectivity index (χ0n) is 16.6. The number of halogens is 2. The minimum absolute atomic E-state index is 0.0197. The summed E-state index contributed by atoms with van der Waals surface area (Å²) in [4.78, 5) is 16.7. The van der Waals surface area contributed by atoms with Crippen LogP contribution in [0.3, 0.4) is 0 Å². The Kier molecular flexibility index (Phi) is 5.72. The summed E-state index contributed by atoms with van der Waals surface area (Å²) in [6.07, 6.45) is 4.37. The van der Waals surface area contributed by atoms with Crippen molar-refractivity contribution < 1.29 is 9.18 Å². The van der Waals surface area contributed by atoms with Crippen LogP contribution in [0.4, 0.5) is 15.0 Å². The van der Waals surface area contributed by atoms with Gasteiger partial charge in [0.15, 0.2) is 5.82 Å². The molecule has 0 spiro atoms. The predicted octanol–water partition coefficient (Wildman–Crippen LogP) is 3.85. The Morgan fingerprint density at radius 2 is 2.24 bits per heavy atom. The van der Waals surface area contributed by atoms with Gasteiger partial charge in [-0.1, -0.05) is 15.9 Å². The molecule has 1 saturated carbocycles. The second kappa shape index (κ2) is 8.26. The first-order valence-corrected chi connectivity index (χ1v) is 10.7. The van der Waals surface area contributed by atoms with Crippen LogP contribution in [0.5, 0.6) is 0 Å². The number of likely N-dealkylation sites (N-methyl/N-ethyl adjacent to an activating group) is 1. The van der Waals surface area contributed by atoms with Gasteiger partial charge in [-0.15, -0.1) is 5.10 Å². The van der Waals surface area contributed by atoms with Gasteiger partial charge < -0.3 is 15.1 Å². The highest BCUT2D eigenvalue weighted by atomic mass is 79.9. The molecule has 8 heteroatoms. The lowest BCUT2D eigenvalue weighted by molar-refractivity contribution is 0.182. The maximum atomic E-state index is 14.3. The number of rotatable bonds is 4. The molecule has 2 amide bonds. The van der Waals surface area contributed by atoms with Gasteiger partial charge in [-0.05, 0) is 61.6 Å². The van der Waals surface area contributed by atoms with Crippen molar-refractivity contribution in [2.24, 2.45) is 0 Å². The molecule has 1 aromatic carbocycles. The van der Waals surface area contributed by atoms with Crippen molar-refractivity contribution in [2.75, 3.05) is 25.0 Å². The van der Waals surface area contributed by atoms with Gasteiger partial charge in [0.05, 0.1) is 6.04 Å². The summed E-state index contributed by atoms with van der Waals surface area (Å²) < 4.78 is 15.2. The fraction of sp³-hybridized carbons (Fsp3) is 0.476. The lowest BCUT2D eigenvalue weighted by Gasteiger charge is -2.38. The molecule has 1 aromatic heterocycles. The number of aryl methyl sites for hydroxylation is 1. The third kappa shape index (κ3) is 4.37. The van der Waals surface area contributed by atoms with E-state index in [1.54, 1.807) is 17.2 Å². The number of urea groups is 1. The summed E-state index contributed by atoms with van der Waals surface area (Å²) in [5.41, 5.74) is 1.54. The third-order valence-corrected chi connectivity index (χ3v) is 6.78. The van der Waals surface area contributed by atoms with Gasteiger partial charge in [0.2, 0.25) is 0 Å². The van der Waals surface area contributed by atoms with Crippen LogP contribution in [-0.2, 0) is 0 Å². The molecule has 1 N–H and O–H groups in total. The molecule has 3 atom stereocenters. The largest absolute Gasteiger partial charge is 0.353 e. The van der Waals surface area contributed by atoms with Gasteiger partial charge in [-0.2, -0.15) is 5.10 Å². The molecule has 0 radical (unpaired) electrons. The number of hydrogen-bond acceptors (Lipinski definition) is 4. The molecule has 0 bridgehead atoms. The summed E-state index contributed by atoms with van der Waals surface area (Å²) in [6, 6.07) is 7.19. The molecule has 29 heavy (non-hydrogen) atoms. The van der Waals surface area contributed by atoms with Crippen molar-refractivity contribution >= 4 is 27.8 Å². The van der Waals surface area contributed by atoms with Crippen LogP contribution in [0.25, 0.3) is 0 Å². The van der Waals surface area contributed by atoms with Crippen molar-refractivity contribution in [3.63, 3.8) is 0 Å². The zero-order valence-corrected chi connectivity index (χ0v) is 18.2. The minimum Gasteiger partial charge on any atom is -0.353 e. The van der Waals surface area contributed by atoms with Crippen LogP contribution in [-0.4, -0.2) is 53.3 Å². The average Bonchev–Trinajstić information content (AvgIpc) is 3.49. The van der Waals surface area contributed by atoms with Gasteiger partial charge in [-0.25, -0.2) is 9.18 Å². The molecule has 154 valence electrons. The second-order valence-electron chi connectivity index (χ2n) is 7.96. The fourth-order valence-corrected chi connectivity index (χ4v) is 4.37. The topological polar surface area (TPSA) is 61.4 Å². The van der Waals surface area contributed by atoms with E-state index in [4.69, 9.17) is 0 Å². The molecule has 1 aliphatic heterocycles. The highest BCUT2D eigenvalue weighted by Crippen LogP contribution is 2.43. The van der Waals surface area contributed by atoms with Gasteiger partial charge in [0.1, 0.15) is 5.82 Å². The summed E-state index contributed by atoms with van der Waals surface area (Å²) in [6.45, 7) is 3.51. The van der Waals surface area contributed by atoms with Gasteiger partial charge in [0, 0.05) is 42.8 Å². The fourth-order valence-electron chi connectivity index (χ4n) is 4.01. The first kappa shape index (κ1) is 20.1. The average molecular weight is 462 g/mol. The van der Waals surface area contributed by atoms with E-state index in [1.165, 1.54) is 0 Å². The molecule has 1 saturated heterocycles. The van der Waals surface area contributed by atoms with E-state index < -0.39 is 0 Å². The van der Waals surface area contributed by atoms with Crippen LogP contribution < -0.4 is 10.2 Å². The van der Waals surface area contributed by atoms with E-state index >= 15 is 0 Å². The maximum absolute atomic E-state index is 14.3. The van der Waals surface area contributed by atoms with Crippen molar-refractivity contribution in [1.29, 1.82) is 0 Å². The number of anilines is 1. The zero-order chi connectivity index (χ0) is 20.5. The van der Waals surface area contributed by atoms with E-state index in [2.05, 4.69) is 36.3 Å². The van der Waals surface area contributed by atoms with E-state index in [0.29, 0.717) is 5.56 Å². The van der Waals surface area contributed by atoms with Gasteiger partial charge >= 0.3 is 6.03 Å². The molecule has 4 rings (SSSR count).